The highest BCUT2D eigenvalue weighted by atomic mass is 16.5. The fourth-order valence-electron chi connectivity index (χ4n) is 3.57. The maximum absolute atomic E-state index is 13.2. The van der Waals surface area contributed by atoms with E-state index < -0.39 is 5.91 Å². The SMILES string of the molecule is COc1ccc(NC(=O)CNC(=O)CN(CC(C)C)C(=O)c2ccc(-c3ccccc3)cc2)cc1. The predicted octanol–water partition coefficient (Wildman–Crippen LogP) is 4.22. The van der Waals surface area contributed by atoms with Gasteiger partial charge in [0.1, 0.15) is 5.75 Å². The Kier molecular flexibility index (Phi) is 9.01. The second-order valence-electron chi connectivity index (χ2n) is 8.58. The van der Waals surface area contributed by atoms with Crippen LogP contribution in [0.3, 0.4) is 0 Å². The molecule has 0 saturated carbocycles. The number of anilines is 1. The van der Waals surface area contributed by atoms with E-state index in [0.717, 1.165) is 11.1 Å². The lowest BCUT2D eigenvalue weighted by atomic mass is 10.0. The third-order valence-electron chi connectivity index (χ3n) is 5.27. The van der Waals surface area contributed by atoms with Crippen LogP contribution in [0.1, 0.15) is 24.2 Å². The fraction of sp³-hybridized carbons (Fsp3) is 0.250. The van der Waals surface area contributed by atoms with Crippen LogP contribution in [-0.2, 0) is 9.59 Å². The summed E-state index contributed by atoms with van der Waals surface area (Å²) < 4.78 is 5.09. The molecule has 0 aliphatic carbocycles. The summed E-state index contributed by atoms with van der Waals surface area (Å²) in [6.45, 7) is 4.07. The van der Waals surface area contributed by atoms with Crippen molar-refractivity contribution in [2.75, 3.05) is 32.1 Å². The zero-order chi connectivity index (χ0) is 25.2. The first-order valence-electron chi connectivity index (χ1n) is 11.5. The quantitative estimate of drug-likeness (QED) is 0.462. The Morgan fingerprint density at radius 2 is 1.46 bits per heavy atom. The van der Waals surface area contributed by atoms with E-state index in [-0.39, 0.29) is 30.8 Å². The largest absolute Gasteiger partial charge is 0.497 e. The van der Waals surface area contributed by atoms with Crippen molar-refractivity contribution in [3.8, 4) is 16.9 Å². The van der Waals surface area contributed by atoms with Crippen molar-refractivity contribution in [1.82, 2.24) is 10.2 Å². The molecule has 0 atom stereocenters. The molecule has 0 aromatic heterocycles. The molecule has 35 heavy (non-hydrogen) atoms. The van der Waals surface area contributed by atoms with Crippen molar-refractivity contribution >= 4 is 23.4 Å². The van der Waals surface area contributed by atoms with Crippen molar-refractivity contribution in [1.29, 1.82) is 0 Å². The zero-order valence-electron chi connectivity index (χ0n) is 20.3. The Hall–Kier alpha value is -4.13. The molecule has 0 spiro atoms. The first kappa shape index (κ1) is 25.5. The van der Waals surface area contributed by atoms with Gasteiger partial charge in [0.15, 0.2) is 0 Å². The number of hydrogen-bond donors (Lipinski definition) is 2. The van der Waals surface area contributed by atoms with Gasteiger partial charge in [-0.25, -0.2) is 0 Å². The second kappa shape index (κ2) is 12.4. The Morgan fingerprint density at radius 1 is 0.829 bits per heavy atom. The van der Waals surface area contributed by atoms with Crippen molar-refractivity contribution in [3.05, 3.63) is 84.4 Å². The lowest BCUT2D eigenvalue weighted by Crippen LogP contribution is -2.44. The minimum absolute atomic E-state index is 0.132. The highest BCUT2D eigenvalue weighted by Gasteiger charge is 2.20. The number of ether oxygens (including phenoxy) is 1. The van der Waals surface area contributed by atoms with E-state index in [2.05, 4.69) is 10.6 Å². The third-order valence-corrected chi connectivity index (χ3v) is 5.27. The Balaban J connectivity index is 1.57. The average molecular weight is 474 g/mol. The van der Waals surface area contributed by atoms with Gasteiger partial charge in [-0.1, -0.05) is 56.3 Å². The maximum atomic E-state index is 13.2. The number of nitrogens with one attached hydrogen (secondary N) is 2. The molecule has 0 bridgehead atoms. The molecule has 2 N–H and O–H groups in total. The van der Waals surface area contributed by atoms with Gasteiger partial charge >= 0.3 is 0 Å². The van der Waals surface area contributed by atoms with E-state index in [1.54, 1.807) is 43.5 Å². The van der Waals surface area contributed by atoms with Gasteiger partial charge in [0, 0.05) is 17.8 Å². The van der Waals surface area contributed by atoms with Gasteiger partial charge in [0.25, 0.3) is 5.91 Å². The molecule has 0 unspecified atom stereocenters. The topological polar surface area (TPSA) is 87.7 Å². The summed E-state index contributed by atoms with van der Waals surface area (Å²) in [6, 6.07) is 24.2. The normalized spacial score (nSPS) is 10.5. The summed E-state index contributed by atoms with van der Waals surface area (Å²) in [6.07, 6.45) is 0. The summed E-state index contributed by atoms with van der Waals surface area (Å²) in [5.74, 6) is -0.127. The molecule has 0 radical (unpaired) electrons. The van der Waals surface area contributed by atoms with E-state index in [4.69, 9.17) is 4.74 Å². The van der Waals surface area contributed by atoms with Crippen LogP contribution in [0, 0.1) is 5.92 Å². The Bertz CT molecular complexity index is 1130. The minimum Gasteiger partial charge on any atom is -0.497 e. The van der Waals surface area contributed by atoms with Gasteiger partial charge in [0.05, 0.1) is 20.2 Å². The molecule has 182 valence electrons. The van der Waals surface area contributed by atoms with Crippen LogP contribution in [-0.4, -0.2) is 49.4 Å². The second-order valence-corrected chi connectivity index (χ2v) is 8.58. The maximum Gasteiger partial charge on any atom is 0.254 e. The first-order valence-corrected chi connectivity index (χ1v) is 11.5. The number of methoxy groups -OCH3 is 1. The van der Waals surface area contributed by atoms with Crippen LogP contribution < -0.4 is 15.4 Å². The van der Waals surface area contributed by atoms with Crippen LogP contribution in [0.5, 0.6) is 5.75 Å². The van der Waals surface area contributed by atoms with E-state index >= 15 is 0 Å². The van der Waals surface area contributed by atoms with Crippen LogP contribution >= 0.6 is 0 Å². The summed E-state index contributed by atoms with van der Waals surface area (Å²) in [7, 11) is 1.57. The van der Waals surface area contributed by atoms with Crippen LogP contribution in [0.2, 0.25) is 0 Å². The van der Waals surface area contributed by atoms with Gasteiger partial charge in [-0.2, -0.15) is 0 Å². The van der Waals surface area contributed by atoms with Gasteiger partial charge in [-0.15, -0.1) is 0 Å². The number of carbonyl (C=O) groups excluding carboxylic acids is 3. The number of rotatable bonds is 10. The van der Waals surface area contributed by atoms with E-state index in [9.17, 15) is 14.4 Å². The number of hydrogen-bond acceptors (Lipinski definition) is 4. The molecule has 0 heterocycles. The fourth-order valence-corrected chi connectivity index (χ4v) is 3.57. The molecule has 7 heteroatoms. The molecule has 3 aromatic carbocycles. The summed E-state index contributed by atoms with van der Waals surface area (Å²) in [4.78, 5) is 39.4. The van der Waals surface area contributed by atoms with Crippen LogP contribution in [0.4, 0.5) is 5.69 Å². The summed E-state index contributed by atoms with van der Waals surface area (Å²) in [5.41, 5.74) is 3.19. The summed E-state index contributed by atoms with van der Waals surface area (Å²) >= 11 is 0. The van der Waals surface area contributed by atoms with E-state index in [1.807, 2.05) is 56.3 Å². The first-order chi connectivity index (χ1) is 16.9. The van der Waals surface area contributed by atoms with Gasteiger partial charge in [-0.3, -0.25) is 14.4 Å². The van der Waals surface area contributed by atoms with Crippen molar-refractivity contribution in [2.24, 2.45) is 5.92 Å². The lowest BCUT2D eigenvalue weighted by molar-refractivity contribution is -0.124. The molecule has 3 aromatic rings. The number of carbonyl (C=O) groups is 3. The van der Waals surface area contributed by atoms with Crippen molar-refractivity contribution in [3.63, 3.8) is 0 Å². The average Bonchev–Trinajstić information content (AvgIpc) is 2.87. The lowest BCUT2D eigenvalue weighted by Gasteiger charge is -2.24. The number of benzene rings is 3. The van der Waals surface area contributed by atoms with Crippen molar-refractivity contribution < 1.29 is 19.1 Å². The molecule has 3 amide bonds. The molecule has 0 saturated heterocycles. The summed E-state index contributed by atoms with van der Waals surface area (Å²) in [5, 5.41) is 5.31. The van der Waals surface area contributed by atoms with E-state index in [0.29, 0.717) is 23.5 Å². The van der Waals surface area contributed by atoms with E-state index in [1.165, 1.54) is 4.90 Å². The highest BCUT2D eigenvalue weighted by molar-refractivity contribution is 5.98. The van der Waals surface area contributed by atoms with Gasteiger partial charge in [-0.05, 0) is 53.4 Å². The molecule has 3 rings (SSSR count). The zero-order valence-corrected chi connectivity index (χ0v) is 20.3. The van der Waals surface area contributed by atoms with Gasteiger partial charge < -0.3 is 20.3 Å². The molecule has 0 aliphatic heterocycles. The number of nitrogens with zero attached hydrogens (tertiary/aromatic N) is 1. The van der Waals surface area contributed by atoms with Crippen LogP contribution in [0.15, 0.2) is 78.9 Å². The van der Waals surface area contributed by atoms with Crippen LogP contribution in [0.25, 0.3) is 11.1 Å². The van der Waals surface area contributed by atoms with Gasteiger partial charge in [0.2, 0.25) is 11.8 Å². The predicted molar refractivity (Wildman–Crippen MR) is 137 cm³/mol. The molecule has 0 aliphatic rings. The standard InChI is InChI=1S/C28H31N3O4/c1-20(2)18-31(28(34)23-11-9-22(10-12-23)21-7-5-4-6-8-21)19-27(33)29-17-26(32)30-24-13-15-25(35-3)16-14-24/h4-16,20H,17-19H2,1-3H3,(H,29,33)(H,30,32). The Labute approximate surface area is 206 Å². The molecular formula is C28H31N3O4. The number of amides is 3. The minimum atomic E-state index is -0.398. The molecular weight excluding hydrogens is 442 g/mol. The third kappa shape index (κ3) is 7.71. The smallest absolute Gasteiger partial charge is 0.254 e. The Morgan fingerprint density at radius 3 is 2.06 bits per heavy atom. The highest BCUT2D eigenvalue weighted by Crippen LogP contribution is 2.20. The van der Waals surface area contributed by atoms with Crippen molar-refractivity contribution in [2.45, 2.75) is 13.8 Å². The monoisotopic (exact) mass is 473 g/mol. The molecule has 7 nitrogen and oxygen atoms in total. The molecule has 0 fully saturated rings.